The summed E-state index contributed by atoms with van der Waals surface area (Å²) in [5.41, 5.74) is 0.502. The first-order valence-electron chi connectivity index (χ1n) is 5.91. The minimum atomic E-state index is -0.772. The Morgan fingerprint density at radius 2 is 1.53 bits per heavy atom. The zero-order valence-corrected chi connectivity index (χ0v) is 11.2. The van der Waals surface area contributed by atoms with E-state index in [1.807, 2.05) is 6.08 Å². The maximum Gasteiger partial charge on any atom is 0.118 e. The molecule has 0 rings (SSSR count). The van der Waals surface area contributed by atoms with Gasteiger partial charge >= 0.3 is 0 Å². The van der Waals surface area contributed by atoms with Crippen molar-refractivity contribution in [3.05, 3.63) is 12.2 Å². The van der Waals surface area contributed by atoms with Crippen LogP contribution in [0.4, 0.5) is 4.39 Å². The largest absolute Gasteiger partial charge is 0.243 e. The molecule has 0 amide bonds. The molecule has 90 valence electrons. The van der Waals surface area contributed by atoms with Crippen LogP contribution in [0.1, 0.15) is 60.8 Å². The second kappa shape index (κ2) is 5.67. The predicted molar refractivity (Wildman–Crippen MR) is 66.8 cm³/mol. The molecule has 0 spiro atoms. The molecule has 0 radical (unpaired) electrons. The normalized spacial score (nSPS) is 15.9. The summed E-state index contributed by atoms with van der Waals surface area (Å²) in [6.07, 6.45) is 5.46. The Bertz CT molecular complexity index is 190. The second-order valence-electron chi connectivity index (χ2n) is 6.81. The van der Waals surface area contributed by atoms with Crippen molar-refractivity contribution in [3.8, 4) is 0 Å². The van der Waals surface area contributed by atoms with E-state index in [0.29, 0.717) is 6.42 Å². The van der Waals surface area contributed by atoms with Gasteiger partial charge in [-0.3, -0.25) is 0 Å². The Kier molecular flexibility index (Phi) is 5.55. The molecule has 0 saturated carbocycles. The summed E-state index contributed by atoms with van der Waals surface area (Å²) in [6.45, 7) is 13.0. The molecule has 0 heterocycles. The van der Waals surface area contributed by atoms with Crippen LogP contribution in [0.5, 0.6) is 0 Å². The van der Waals surface area contributed by atoms with E-state index in [1.54, 1.807) is 6.08 Å². The van der Waals surface area contributed by atoms with Crippen molar-refractivity contribution in [2.24, 2.45) is 10.8 Å². The Morgan fingerprint density at radius 1 is 1.00 bits per heavy atom. The minimum Gasteiger partial charge on any atom is -0.243 e. The minimum absolute atomic E-state index is 0.238. The number of hydrogen-bond acceptors (Lipinski definition) is 0. The molecule has 0 N–H and O–H groups in total. The molecule has 0 aromatic heterocycles. The highest BCUT2D eigenvalue weighted by atomic mass is 19.1. The van der Waals surface area contributed by atoms with Gasteiger partial charge in [-0.1, -0.05) is 53.7 Å². The second-order valence-corrected chi connectivity index (χ2v) is 6.81. The first-order chi connectivity index (χ1) is 6.60. The van der Waals surface area contributed by atoms with Crippen LogP contribution >= 0.6 is 0 Å². The average molecular weight is 214 g/mol. The summed E-state index contributed by atoms with van der Waals surface area (Å²) in [5.74, 6) is 0. The van der Waals surface area contributed by atoms with Gasteiger partial charge in [-0.05, 0) is 30.1 Å². The van der Waals surface area contributed by atoms with Crippen LogP contribution in [-0.2, 0) is 0 Å². The third-order valence-corrected chi connectivity index (χ3v) is 2.25. The van der Waals surface area contributed by atoms with Gasteiger partial charge in [-0.2, -0.15) is 0 Å². The van der Waals surface area contributed by atoms with Crippen LogP contribution < -0.4 is 0 Å². The van der Waals surface area contributed by atoms with Crippen LogP contribution in [0, 0.1) is 10.8 Å². The molecule has 1 atom stereocenters. The van der Waals surface area contributed by atoms with E-state index in [9.17, 15) is 4.39 Å². The highest BCUT2D eigenvalue weighted by molar-refractivity contribution is 4.91. The fraction of sp³-hybridized carbons (Fsp3) is 0.857. The average Bonchev–Trinajstić information content (AvgIpc) is 1.97. The van der Waals surface area contributed by atoms with Gasteiger partial charge in [0.15, 0.2) is 0 Å². The smallest absolute Gasteiger partial charge is 0.118 e. The van der Waals surface area contributed by atoms with Crippen molar-refractivity contribution in [2.75, 3.05) is 0 Å². The molecule has 15 heavy (non-hydrogen) atoms. The fourth-order valence-electron chi connectivity index (χ4n) is 1.24. The quantitative estimate of drug-likeness (QED) is 0.568. The van der Waals surface area contributed by atoms with Gasteiger partial charge in [-0.25, -0.2) is 4.39 Å². The van der Waals surface area contributed by atoms with Crippen molar-refractivity contribution < 1.29 is 4.39 Å². The summed E-state index contributed by atoms with van der Waals surface area (Å²) in [7, 11) is 0. The molecule has 1 heteroatoms. The SMILES string of the molecule is CC(C)(C)C/C=C/C(F)CCC(C)(C)C. The zero-order chi connectivity index (χ0) is 12.1. The first-order valence-corrected chi connectivity index (χ1v) is 5.91. The Labute approximate surface area is 95.0 Å². The molecule has 1 unspecified atom stereocenters. The molecule has 0 saturated heterocycles. The molecule has 0 nitrogen and oxygen atoms in total. The molecular weight excluding hydrogens is 187 g/mol. The van der Waals surface area contributed by atoms with Gasteiger partial charge in [0.05, 0.1) is 0 Å². The lowest BCUT2D eigenvalue weighted by Crippen LogP contribution is -2.08. The molecular formula is C14H27F. The summed E-state index contributed by atoms with van der Waals surface area (Å²) in [6, 6.07) is 0. The molecule has 0 aromatic carbocycles. The summed E-state index contributed by atoms with van der Waals surface area (Å²) in [5, 5.41) is 0. The third-order valence-electron chi connectivity index (χ3n) is 2.25. The van der Waals surface area contributed by atoms with E-state index in [4.69, 9.17) is 0 Å². The monoisotopic (exact) mass is 214 g/mol. The molecule has 0 fully saturated rings. The van der Waals surface area contributed by atoms with E-state index in [1.165, 1.54) is 0 Å². The maximum absolute atomic E-state index is 13.4. The van der Waals surface area contributed by atoms with Crippen molar-refractivity contribution in [3.63, 3.8) is 0 Å². The molecule has 0 aliphatic rings. The summed E-state index contributed by atoms with van der Waals surface area (Å²) < 4.78 is 13.4. The number of halogens is 1. The number of allylic oxidation sites excluding steroid dienone is 2. The third kappa shape index (κ3) is 11.6. The van der Waals surface area contributed by atoms with Crippen LogP contribution in [0.15, 0.2) is 12.2 Å². The van der Waals surface area contributed by atoms with E-state index in [0.717, 1.165) is 12.8 Å². The van der Waals surface area contributed by atoms with Gasteiger partial charge in [0.1, 0.15) is 6.17 Å². The van der Waals surface area contributed by atoms with Gasteiger partial charge < -0.3 is 0 Å². The van der Waals surface area contributed by atoms with Gasteiger partial charge in [0.25, 0.3) is 0 Å². The van der Waals surface area contributed by atoms with Gasteiger partial charge in [-0.15, -0.1) is 0 Å². The van der Waals surface area contributed by atoms with Crippen LogP contribution in [0.25, 0.3) is 0 Å². The van der Waals surface area contributed by atoms with Crippen molar-refractivity contribution in [1.29, 1.82) is 0 Å². The predicted octanol–water partition coefficient (Wildman–Crippen LogP) is 5.14. The van der Waals surface area contributed by atoms with E-state index >= 15 is 0 Å². The molecule has 0 aromatic rings. The standard InChI is InChI=1S/C14H27F/c1-13(2,3)10-7-8-12(15)9-11-14(4,5)6/h7-8,12H,9-11H2,1-6H3/b8-7+. The molecule has 0 bridgehead atoms. The number of alkyl halides is 1. The van der Waals surface area contributed by atoms with Crippen LogP contribution in [-0.4, -0.2) is 6.17 Å². The van der Waals surface area contributed by atoms with E-state index in [2.05, 4.69) is 41.5 Å². The molecule has 0 aliphatic heterocycles. The lowest BCUT2D eigenvalue weighted by Gasteiger charge is -2.18. The van der Waals surface area contributed by atoms with E-state index < -0.39 is 6.17 Å². The Hall–Kier alpha value is -0.330. The van der Waals surface area contributed by atoms with Crippen LogP contribution in [0.2, 0.25) is 0 Å². The number of rotatable bonds is 4. The van der Waals surface area contributed by atoms with Crippen LogP contribution in [0.3, 0.4) is 0 Å². The summed E-state index contributed by atoms with van der Waals surface area (Å²) in [4.78, 5) is 0. The highest BCUT2D eigenvalue weighted by Crippen LogP contribution is 2.23. The Morgan fingerprint density at radius 3 is 1.93 bits per heavy atom. The lowest BCUT2D eigenvalue weighted by molar-refractivity contribution is 0.293. The first kappa shape index (κ1) is 14.7. The molecule has 0 aliphatic carbocycles. The highest BCUT2D eigenvalue weighted by Gasteiger charge is 2.13. The van der Waals surface area contributed by atoms with Crippen molar-refractivity contribution >= 4 is 0 Å². The topological polar surface area (TPSA) is 0 Å². The van der Waals surface area contributed by atoms with Crippen molar-refractivity contribution in [2.45, 2.75) is 67.0 Å². The lowest BCUT2D eigenvalue weighted by atomic mass is 9.89. The zero-order valence-electron chi connectivity index (χ0n) is 11.2. The van der Waals surface area contributed by atoms with Gasteiger partial charge in [0, 0.05) is 0 Å². The number of hydrogen-bond donors (Lipinski definition) is 0. The summed E-state index contributed by atoms with van der Waals surface area (Å²) >= 11 is 0. The Balaban J connectivity index is 3.79. The fourth-order valence-corrected chi connectivity index (χ4v) is 1.24. The van der Waals surface area contributed by atoms with Crippen molar-refractivity contribution in [1.82, 2.24) is 0 Å². The maximum atomic E-state index is 13.4. The van der Waals surface area contributed by atoms with Gasteiger partial charge in [0.2, 0.25) is 0 Å². The van der Waals surface area contributed by atoms with E-state index in [-0.39, 0.29) is 10.8 Å².